The third-order valence-corrected chi connectivity index (χ3v) is 4.76. The van der Waals surface area contributed by atoms with E-state index >= 15 is 0 Å². The van der Waals surface area contributed by atoms with Gasteiger partial charge in [0.25, 0.3) is 5.91 Å². The Balaban J connectivity index is 1.45. The minimum Gasteiger partial charge on any atom is -0.497 e. The molecule has 1 saturated heterocycles. The number of hydrogen-bond donors (Lipinski definition) is 1. The maximum Gasteiger partial charge on any atom is 0.251 e. The SMILES string of the molecule is COc1ccc(OC[C@@H](C)NC(=O)c2ccc(CN3CCCC3)cc2)cc1. The van der Waals surface area contributed by atoms with Crippen LogP contribution in [0.3, 0.4) is 0 Å². The zero-order chi connectivity index (χ0) is 19.1. The molecule has 1 amide bonds. The third kappa shape index (κ3) is 5.73. The Kier molecular flexibility index (Phi) is 6.71. The van der Waals surface area contributed by atoms with Crippen LogP contribution in [0.25, 0.3) is 0 Å². The highest BCUT2D eigenvalue weighted by atomic mass is 16.5. The van der Waals surface area contributed by atoms with Crippen molar-refractivity contribution in [1.29, 1.82) is 0 Å². The first-order valence-electron chi connectivity index (χ1n) is 9.53. The average Bonchev–Trinajstić information content (AvgIpc) is 3.20. The molecule has 2 aromatic rings. The first kappa shape index (κ1) is 19.2. The van der Waals surface area contributed by atoms with Crippen molar-refractivity contribution in [1.82, 2.24) is 10.2 Å². The number of hydrogen-bond acceptors (Lipinski definition) is 4. The molecule has 1 aliphatic heterocycles. The molecule has 5 heteroatoms. The number of ether oxygens (including phenoxy) is 2. The molecule has 1 heterocycles. The van der Waals surface area contributed by atoms with Crippen molar-refractivity contribution in [3.05, 3.63) is 59.7 Å². The number of rotatable bonds is 8. The molecule has 1 atom stereocenters. The molecular formula is C22H28N2O3. The minimum atomic E-state index is -0.0936. The van der Waals surface area contributed by atoms with Crippen molar-refractivity contribution in [3.63, 3.8) is 0 Å². The predicted molar refractivity (Wildman–Crippen MR) is 106 cm³/mol. The average molecular weight is 368 g/mol. The fourth-order valence-corrected chi connectivity index (χ4v) is 3.20. The number of likely N-dealkylation sites (tertiary alicyclic amines) is 1. The highest BCUT2D eigenvalue weighted by Gasteiger charge is 2.13. The molecule has 0 bridgehead atoms. The van der Waals surface area contributed by atoms with E-state index in [1.807, 2.05) is 55.5 Å². The standard InChI is InChI=1S/C22H28N2O3/c1-17(16-27-21-11-9-20(26-2)10-12-21)23-22(25)19-7-5-18(6-8-19)15-24-13-3-4-14-24/h5-12,17H,3-4,13-16H2,1-2H3,(H,23,25)/t17-/m1/s1. The van der Waals surface area contributed by atoms with Gasteiger partial charge in [0.05, 0.1) is 13.2 Å². The Labute approximate surface area is 161 Å². The predicted octanol–water partition coefficient (Wildman–Crippen LogP) is 3.49. The summed E-state index contributed by atoms with van der Waals surface area (Å²) in [6.45, 7) is 5.66. The molecule has 1 fully saturated rings. The minimum absolute atomic E-state index is 0.0754. The van der Waals surface area contributed by atoms with Gasteiger partial charge in [-0.05, 0) is 74.8 Å². The van der Waals surface area contributed by atoms with E-state index in [0.29, 0.717) is 12.2 Å². The van der Waals surface area contributed by atoms with E-state index in [-0.39, 0.29) is 11.9 Å². The fraction of sp³-hybridized carbons (Fsp3) is 0.409. The van der Waals surface area contributed by atoms with Gasteiger partial charge in [0.15, 0.2) is 0 Å². The summed E-state index contributed by atoms with van der Waals surface area (Å²) in [5, 5.41) is 2.98. The molecule has 2 aromatic carbocycles. The van der Waals surface area contributed by atoms with Crippen LogP contribution in [0.15, 0.2) is 48.5 Å². The summed E-state index contributed by atoms with van der Waals surface area (Å²) in [7, 11) is 1.63. The van der Waals surface area contributed by atoms with Gasteiger partial charge in [-0.15, -0.1) is 0 Å². The maximum atomic E-state index is 12.4. The maximum absolute atomic E-state index is 12.4. The Morgan fingerprint density at radius 1 is 1.04 bits per heavy atom. The van der Waals surface area contributed by atoms with Crippen LogP contribution in [0, 0.1) is 0 Å². The van der Waals surface area contributed by atoms with Crippen molar-refractivity contribution < 1.29 is 14.3 Å². The molecule has 0 radical (unpaired) electrons. The summed E-state index contributed by atoms with van der Waals surface area (Å²) in [6, 6.07) is 15.2. The molecule has 0 aromatic heterocycles. The lowest BCUT2D eigenvalue weighted by molar-refractivity contribution is 0.0926. The topological polar surface area (TPSA) is 50.8 Å². The van der Waals surface area contributed by atoms with E-state index in [2.05, 4.69) is 10.2 Å². The van der Waals surface area contributed by atoms with E-state index < -0.39 is 0 Å². The molecule has 144 valence electrons. The van der Waals surface area contributed by atoms with Gasteiger partial charge in [-0.1, -0.05) is 12.1 Å². The zero-order valence-corrected chi connectivity index (χ0v) is 16.1. The second-order valence-corrected chi connectivity index (χ2v) is 7.04. The van der Waals surface area contributed by atoms with Crippen LogP contribution in [0.5, 0.6) is 11.5 Å². The number of carbonyl (C=O) groups is 1. The van der Waals surface area contributed by atoms with Gasteiger partial charge in [-0.3, -0.25) is 9.69 Å². The molecule has 0 spiro atoms. The highest BCUT2D eigenvalue weighted by Crippen LogP contribution is 2.17. The normalized spacial score (nSPS) is 15.3. The first-order chi connectivity index (χ1) is 13.1. The van der Waals surface area contributed by atoms with Gasteiger partial charge in [-0.2, -0.15) is 0 Å². The second kappa shape index (κ2) is 9.42. The lowest BCUT2D eigenvalue weighted by Gasteiger charge is -2.16. The quantitative estimate of drug-likeness (QED) is 0.775. The van der Waals surface area contributed by atoms with E-state index in [1.165, 1.54) is 31.5 Å². The number of benzene rings is 2. The smallest absolute Gasteiger partial charge is 0.251 e. The van der Waals surface area contributed by atoms with Gasteiger partial charge in [0, 0.05) is 12.1 Å². The summed E-state index contributed by atoms with van der Waals surface area (Å²) in [5.74, 6) is 1.47. The number of carbonyl (C=O) groups excluding carboxylic acids is 1. The Bertz CT molecular complexity index is 722. The number of nitrogens with one attached hydrogen (secondary N) is 1. The van der Waals surface area contributed by atoms with Gasteiger partial charge >= 0.3 is 0 Å². The molecule has 1 N–H and O–H groups in total. The van der Waals surface area contributed by atoms with Gasteiger partial charge in [-0.25, -0.2) is 0 Å². The molecule has 3 rings (SSSR count). The van der Waals surface area contributed by atoms with Crippen LogP contribution in [0.2, 0.25) is 0 Å². The van der Waals surface area contributed by atoms with Crippen molar-refractivity contribution in [2.24, 2.45) is 0 Å². The summed E-state index contributed by atoms with van der Waals surface area (Å²) in [4.78, 5) is 14.9. The second-order valence-electron chi connectivity index (χ2n) is 7.04. The van der Waals surface area contributed by atoms with Crippen LogP contribution in [-0.2, 0) is 6.54 Å². The molecule has 0 unspecified atom stereocenters. The van der Waals surface area contributed by atoms with E-state index in [0.717, 1.165) is 18.0 Å². The van der Waals surface area contributed by atoms with E-state index in [9.17, 15) is 4.79 Å². The fourth-order valence-electron chi connectivity index (χ4n) is 3.20. The van der Waals surface area contributed by atoms with Crippen molar-refractivity contribution in [2.45, 2.75) is 32.4 Å². The van der Waals surface area contributed by atoms with Crippen LogP contribution >= 0.6 is 0 Å². The Hall–Kier alpha value is -2.53. The summed E-state index contributed by atoms with van der Waals surface area (Å²) >= 11 is 0. The van der Waals surface area contributed by atoms with Crippen LogP contribution in [-0.4, -0.2) is 43.7 Å². The summed E-state index contributed by atoms with van der Waals surface area (Å²) < 4.78 is 10.8. The van der Waals surface area contributed by atoms with Gasteiger partial charge in [0.1, 0.15) is 18.1 Å². The zero-order valence-electron chi connectivity index (χ0n) is 16.1. The summed E-state index contributed by atoms with van der Waals surface area (Å²) in [6.07, 6.45) is 2.58. The molecule has 0 saturated carbocycles. The van der Waals surface area contributed by atoms with Crippen molar-refractivity contribution in [3.8, 4) is 11.5 Å². The van der Waals surface area contributed by atoms with Gasteiger partial charge < -0.3 is 14.8 Å². The summed E-state index contributed by atoms with van der Waals surface area (Å²) in [5.41, 5.74) is 1.93. The molecule has 0 aliphatic carbocycles. The number of amides is 1. The van der Waals surface area contributed by atoms with Crippen LogP contribution < -0.4 is 14.8 Å². The lowest BCUT2D eigenvalue weighted by atomic mass is 10.1. The largest absolute Gasteiger partial charge is 0.497 e. The molecule has 5 nitrogen and oxygen atoms in total. The van der Waals surface area contributed by atoms with Crippen molar-refractivity contribution in [2.75, 3.05) is 26.8 Å². The highest BCUT2D eigenvalue weighted by molar-refractivity contribution is 5.94. The number of methoxy groups -OCH3 is 1. The number of nitrogens with zero attached hydrogens (tertiary/aromatic N) is 1. The molecule has 1 aliphatic rings. The molecule has 27 heavy (non-hydrogen) atoms. The molecular weight excluding hydrogens is 340 g/mol. The van der Waals surface area contributed by atoms with Crippen LogP contribution in [0.1, 0.15) is 35.7 Å². The van der Waals surface area contributed by atoms with Crippen LogP contribution in [0.4, 0.5) is 0 Å². The van der Waals surface area contributed by atoms with Gasteiger partial charge in [0.2, 0.25) is 0 Å². The Morgan fingerprint density at radius 2 is 1.67 bits per heavy atom. The third-order valence-electron chi connectivity index (χ3n) is 4.76. The van der Waals surface area contributed by atoms with Crippen molar-refractivity contribution >= 4 is 5.91 Å². The monoisotopic (exact) mass is 368 g/mol. The van der Waals surface area contributed by atoms with E-state index in [4.69, 9.17) is 9.47 Å². The van der Waals surface area contributed by atoms with E-state index in [1.54, 1.807) is 7.11 Å². The Morgan fingerprint density at radius 3 is 2.30 bits per heavy atom. The lowest BCUT2D eigenvalue weighted by Crippen LogP contribution is -2.36. The first-order valence-corrected chi connectivity index (χ1v) is 9.53.